The minimum atomic E-state index is -0.0408. The molecule has 4 aromatic rings. The molecule has 1 amide bonds. The zero-order chi connectivity index (χ0) is 17.8. The average molecular weight is 346 g/mol. The van der Waals surface area contributed by atoms with Gasteiger partial charge in [-0.05, 0) is 29.8 Å². The molecular weight excluding hydrogens is 328 g/mol. The minimum absolute atomic E-state index is 0.0408. The van der Waals surface area contributed by atoms with Gasteiger partial charge < -0.3 is 9.32 Å². The van der Waals surface area contributed by atoms with Gasteiger partial charge in [0, 0.05) is 6.54 Å². The van der Waals surface area contributed by atoms with E-state index in [-0.39, 0.29) is 12.5 Å². The van der Waals surface area contributed by atoms with Crippen molar-refractivity contribution in [3.63, 3.8) is 0 Å². The molecule has 2 aromatic heterocycles. The summed E-state index contributed by atoms with van der Waals surface area (Å²) >= 11 is 0. The first-order chi connectivity index (χ1) is 12.8. The Morgan fingerprint density at radius 3 is 2.58 bits per heavy atom. The van der Waals surface area contributed by atoms with Gasteiger partial charge in [0.1, 0.15) is 17.8 Å². The van der Waals surface area contributed by atoms with Crippen LogP contribution in [-0.4, -0.2) is 25.8 Å². The fraction of sp³-hybridized carbons (Fsp3) is 0.150. The summed E-state index contributed by atoms with van der Waals surface area (Å²) in [5, 5.41) is 8.23. The van der Waals surface area contributed by atoms with E-state index < -0.39 is 0 Å². The number of hydrogen-bond donors (Lipinski definition) is 0. The van der Waals surface area contributed by atoms with E-state index in [2.05, 4.69) is 10.3 Å². The van der Waals surface area contributed by atoms with Gasteiger partial charge >= 0.3 is 0 Å². The first-order valence-corrected chi connectivity index (χ1v) is 8.42. The van der Waals surface area contributed by atoms with Crippen LogP contribution in [0, 0.1) is 0 Å². The van der Waals surface area contributed by atoms with Gasteiger partial charge in [0.25, 0.3) is 0 Å². The van der Waals surface area contributed by atoms with Gasteiger partial charge in [-0.3, -0.25) is 4.79 Å². The molecule has 0 bridgehead atoms. The molecule has 4 rings (SSSR count). The van der Waals surface area contributed by atoms with Gasteiger partial charge in [-0.15, -0.1) is 5.10 Å². The van der Waals surface area contributed by atoms with Crippen LogP contribution >= 0.6 is 0 Å². The van der Waals surface area contributed by atoms with Crippen LogP contribution in [0.3, 0.4) is 0 Å². The summed E-state index contributed by atoms with van der Waals surface area (Å²) in [7, 11) is 0. The van der Waals surface area contributed by atoms with Crippen LogP contribution in [0.25, 0.3) is 11.0 Å². The first-order valence-electron chi connectivity index (χ1n) is 8.42. The van der Waals surface area contributed by atoms with Crippen molar-refractivity contribution in [3.8, 4) is 0 Å². The van der Waals surface area contributed by atoms with Crippen molar-refractivity contribution in [2.24, 2.45) is 0 Å². The van der Waals surface area contributed by atoms with Crippen LogP contribution in [-0.2, 0) is 24.4 Å². The SMILES string of the molecule is O=C(Cn1nnc2ccccc21)N(Cc1ccccc1)Cc1ccco1. The summed E-state index contributed by atoms with van der Waals surface area (Å²) < 4.78 is 7.07. The number of hydrogen-bond acceptors (Lipinski definition) is 4. The number of nitrogens with zero attached hydrogens (tertiary/aromatic N) is 4. The Hall–Kier alpha value is -3.41. The summed E-state index contributed by atoms with van der Waals surface area (Å²) in [4.78, 5) is 14.7. The van der Waals surface area contributed by atoms with Gasteiger partial charge in [-0.2, -0.15) is 0 Å². The van der Waals surface area contributed by atoms with Crippen molar-refractivity contribution in [2.45, 2.75) is 19.6 Å². The molecule has 0 saturated carbocycles. The number of fused-ring (bicyclic) bond motifs is 1. The second-order valence-electron chi connectivity index (χ2n) is 6.05. The largest absolute Gasteiger partial charge is 0.467 e. The van der Waals surface area contributed by atoms with Crippen molar-refractivity contribution in [1.29, 1.82) is 0 Å². The number of aromatic nitrogens is 3. The predicted octanol–water partition coefficient (Wildman–Crippen LogP) is 3.25. The predicted molar refractivity (Wildman–Crippen MR) is 96.9 cm³/mol. The number of rotatable bonds is 6. The monoisotopic (exact) mass is 346 g/mol. The van der Waals surface area contributed by atoms with E-state index >= 15 is 0 Å². The van der Waals surface area contributed by atoms with E-state index in [4.69, 9.17) is 4.42 Å². The molecule has 26 heavy (non-hydrogen) atoms. The lowest BCUT2D eigenvalue weighted by Crippen LogP contribution is -2.33. The Kier molecular flexibility index (Phi) is 4.47. The Morgan fingerprint density at radius 2 is 1.77 bits per heavy atom. The molecule has 130 valence electrons. The van der Waals surface area contributed by atoms with Gasteiger partial charge in [-0.25, -0.2) is 4.68 Å². The van der Waals surface area contributed by atoms with Gasteiger partial charge in [0.2, 0.25) is 5.91 Å². The summed E-state index contributed by atoms with van der Waals surface area (Å²) in [6, 6.07) is 21.2. The fourth-order valence-corrected chi connectivity index (χ4v) is 2.89. The fourth-order valence-electron chi connectivity index (χ4n) is 2.89. The number of carbonyl (C=O) groups excluding carboxylic acids is 1. The second kappa shape index (κ2) is 7.23. The summed E-state index contributed by atoms with van der Waals surface area (Å²) in [6.07, 6.45) is 1.62. The molecular formula is C20H18N4O2. The molecule has 2 aromatic carbocycles. The van der Waals surface area contributed by atoms with E-state index in [1.807, 2.05) is 66.7 Å². The molecule has 0 saturated heterocycles. The number of amides is 1. The van der Waals surface area contributed by atoms with Gasteiger partial charge in [-0.1, -0.05) is 47.7 Å². The maximum Gasteiger partial charge on any atom is 0.245 e. The van der Waals surface area contributed by atoms with Crippen molar-refractivity contribution in [2.75, 3.05) is 0 Å². The first kappa shape index (κ1) is 16.1. The van der Waals surface area contributed by atoms with E-state index in [0.29, 0.717) is 13.1 Å². The summed E-state index contributed by atoms with van der Waals surface area (Å²) in [5.74, 6) is 0.707. The standard InChI is InChI=1S/C20H18N4O2/c25-20(15-24-19-11-5-4-10-18(19)21-22-24)23(14-17-9-6-12-26-17)13-16-7-2-1-3-8-16/h1-12H,13-15H2. The molecule has 0 aliphatic heterocycles. The quantitative estimate of drug-likeness (QED) is 0.538. The molecule has 2 heterocycles. The van der Waals surface area contributed by atoms with Crippen molar-refractivity contribution >= 4 is 16.9 Å². The highest BCUT2D eigenvalue weighted by atomic mass is 16.3. The maximum absolute atomic E-state index is 13.0. The van der Waals surface area contributed by atoms with Crippen LogP contribution in [0.2, 0.25) is 0 Å². The van der Waals surface area contributed by atoms with Crippen LogP contribution in [0.1, 0.15) is 11.3 Å². The zero-order valence-electron chi connectivity index (χ0n) is 14.2. The summed E-state index contributed by atoms with van der Waals surface area (Å²) in [5.41, 5.74) is 2.69. The Balaban J connectivity index is 1.56. The Morgan fingerprint density at radius 1 is 0.962 bits per heavy atom. The third-order valence-corrected chi connectivity index (χ3v) is 4.20. The van der Waals surface area contributed by atoms with Crippen LogP contribution in [0.15, 0.2) is 77.4 Å². The zero-order valence-corrected chi connectivity index (χ0v) is 14.2. The van der Waals surface area contributed by atoms with Crippen molar-refractivity contribution in [1.82, 2.24) is 19.9 Å². The van der Waals surface area contributed by atoms with Gasteiger partial charge in [0.05, 0.1) is 18.3 Å². The molecule has 0 fully saturated rings. The van der Waals surface area contributed by atoms with Crippen LogP contribution in [0.5, 0.6) is 0 Å². The van der Waals surface area contributed by atoms with E-state index in [1.165, 1.54) is 0 Å². The van der Waals surface area contributed by atoms with Crippen LogP contribution < -0.4 is 0 Å². The lowest BCUT2D eigenvalue weighted by atomic mass is 10.2. The lowest BCUT2D eigenvalue weighted by molar-refractivity contribution is -0.133. The van der Waals surface area contributed by atoms with Crippen molar-refractivity contribution in [3.05, 3.63) is 84.3 Å². The maximum atomic E-state index is 13.0. The van der Waals surface area contributed by atoms with E-state index in [9.17, 15) is 4.79 Å². The third kappa shape index (κ3) is 3.49. The molecule has 0 radical (unpaired) electrons. The number of carbonyl (C=O) groups is 1. The van der Waals surface area contributed by atoms with Crippen molar-refractivity contribution < 1.29 is 9.21 Å². The highest BCUT2D eigenvalue weighted by Gasteiger charge is 2.18. The molecule has 6 heteroatoms. The minimum Gasteiger partial charge on any atom is -0.467 e. The van der Waals surface area contributed by atoms with E-state index in [1.54, 1.807) is 15.8 Å². The molecule has 0 aliphatic carbocycles. The molecule has 0 atom stereocenters. The second-order valence-corrected chi connectivity index (χ2v) is 6.05. The van der Waals surface area contributed by atoms with Gasteiger partial charge in [0.15, 0.2) is 0 Å². The van der Waals surface area contributed by atoms with E-state index in [0.717, 1.165) is 22.4 Å². The molecule has 0 unspecified atom stereocenters. The molecule has 0 spiro atoms. The third-order valence-electron chi connectivity index (χ3n) is 4.20. The number of para-hydroxylation sites is 1. The molecule has 6 nitrogen and oxygen atoms in total. The Labute approximate surface area is 150 Å². The molecule has 0 N–H and O–H groups in total. The topological polar surface area (TPSA) is 64.2 Å². The number of benzene rings is 2. The molecule has 0 aliphatic rings. The normalized spacial score (nSPS) is 10.9. The lowest BCUT2D eigenvalue weighted by Gasteiger charge is -2.22. The highest BCUT2D eigenvalue weighted by molar-refractivity contribution is 5.79. The Bertz CT molecular complexity index is 993. The van der Waals surface area contributed by atoms with Crippen LogP contribution in [0.4, 0.5) is 0 Å². The average Bonchev–Trinajstić information content (AvgIpc) is 3.32. The summed E-state index contributed by atoms with van der Waals surface area (Å²) in [6.45, 7) is 1.05. The number of furan rings is 1. The smallest absolute Gasteiger partial charge is 0.245 e. The highest BCUT2D eigenvalue weighted by Crippen LogP contribution is 2.14.